The number of hydrazone groups is 1. The Balaban J connectivity index is 2.36. The van der Waals surface area contributed by atoms with E-state index in [1.54, 1.807) is 0 Å². The number of hydrogen-bond donors (Lipinski definition) is 2. The first-order chi connectivity index (χ1) is 5.27. The van der Waals surface area contributed by atoms with Crippen LogP contribution in [0.25, 0.3) is 0 Å². The molecule has 0 aromatic heterocycles. The molecule has 57 valence electrons. The van der Waals surface area contributed by atoms with Crippen molar-refractivity contribution in [3.63, 3.8) is 0 Å². The molecule has 0 aromatic carbocycles. The summed E-state index contributed by atoms with van der Waals surface area (Å²) in [6.45, 7) is 0. The van der Waals surface area contributed by atoms with Gasteiger partial charge < -0.3 is 0 Å². The lowest BCUT2D eigenvalue weighted by Gasteiger charge is -2.19. The van der Waals surface area contributed by atoms with Gasteiger partial charge in [-0.1, -0.05) is 11.6 Å². The molecular formula is C4H4ClN6. The quantitative estimate of drug-likeness (QED) is 0.461. The summed E-state index contributed by atoms with van der Waals surface area (Å²) in [4.78, 5) is 3.85. The highest BCUT2D eigenvalue weighted by atomic mass is 35.5. The Morgan fingerprint density at radius 3 is 3.27 bits per heavy atom. The van der Waals surface area contributed by atoms with Crippen molar-refractivity contribution in [3.8, 4) is 0 Å². The monoisotopic (exact) mass is 171 g/mol. The molecule has 0 aliphatic carbocycles. The molecule has 2 aliphatic heterocycles. The maximum atomic E-state index is 5.67. The maximum Gasteiger partial charge on any atom is 0.182 e. The second kappa shape index (κ2) is 2.11. The van der Waals surface area contributed by atoms with Crippen molar-refractivity contribution in [3.05, 3.63) is 11.5 Å². The van der Waals surface area contributed by atoms with Gasteiger partial charge in [0, 0.05) is 0 Å². The fourth-order valence-electron chi connectivity index (χ4n) is 0.775. The Labute approximate surface area is 67.3 Å². The van der Waals surface area contributed by atoms with Crippen LogP contribution in [0.2, 0.25) is 0 Å². The van der Waals surface area contributed by atoms with Crippen LogP contribution >= 0.6 is 11.6 Å². The summed E-state index contributed by atoms with van der Waals surface area (Å²) in [5, 5.41) is 8.74. The molecule has 3 N–H and O–H groups in total. The largest absolute Gasteiger partial charge is 0.248 e. The van der Waals surface area contributed by atoms with Crippen LogP contribution in [0.4, 0.5) is 0 Å². The van der Waals surface area contributed by atoms with Gasteiger partial charge in [0.25, 0.3) is 0 Å². The van der Waals surface area contributed by atoms with Crippen molar-refractivity contribution < 1.29 is 0 Å². The van der Waals surface area contributed by atoms with Crippen LogP contribution in [-0.4, -0.2) is 16.7 Å². The molecule has 0 saturated heterocycles. The molecule has 0 spiro atoms. The van der Waals surface area contributed by atoms with Crippen LogP contribution in [-0.2, 0) is 0 Å². The number of halogens is 1. The van der Waals surface area contributed by atoms with Gasteiger partial charge in [0.2, 0.25) is 0 Å². The predicted molar refractivity (Wildman–Crippen MR) is 40.1 cm³/mol. The van der Waals surface area contributed by atoms with Crippen molar-refractivity contribution in [1.82, 2.24) is 16.0 Å². The summed E-state index contributed by atoms with van der Waals surface area (Å²) in [6, 6.07) is 0. The van der Waals surface area contributed by atoms with Gasteiger partial charge in [-0.25, -0.2) is 21.6 Å². The Bertz CT molecular complexity index is 278. The van der Waals surface area contributed by atoms with E-state index >= 15 is 0 Å². The summed E-state index contributed by atoms with van der Waals surface area (Å²) in [5.41, 5.74) is 3.16. The van der Waals surface area contributed by atoms with E-state index < -0.39 is 0 Å². The number of allylic oxidation sites excluding steroid dienone is 1. The lowest BCUT2D eigenvalue weighted by Crippen LogP contribution is -2.43. The van der Waals surface area contributed by atoms with Crippen LogP contribution in [0, 0.1) is 0 Å². The van der Waals surface area contributed by atoms with Gasteiger partial charge in [-0.15, -0.1) is 10.3 Å². The van der Waals surface area contributed by atoms with Crippen molar-refractivity contribution in [2.75, 3.05) is 0 Å². The first-order valence-electron chi connectivity index (χ1n) is 2.81. The predicted octanol–water partition coefficient (Wildman–Crippen LogP) is -0.952. The Hall–Kier alpha value is -1.27. The number of nitrogens with one attached hydrogen (secondary N) is 1. The van der Waals surface area contributed by atoms with Crippen molar-refractivity contribution in [2.24, 2.45) is 15.9 Å². The van der Waals surface area contributed by atoms with Gasteiger partial charge in [0.05, 0.1) is 0 Å². The summed E-state index contributed by atoms with van der Waals surface area (Å²) in [5.74, 6) is 5.80. The zero-order valence-corrected chi connectivity index (χ0v) is 6.08. The van der Waals surface area contributed by atoms with Gasteiger partial charge >= 0.3 is 0 Å². The molecule has 0 saturated carbocycles. The van der Waals surface area contributed by atoms with Gasteiger partial charge in [-0.05, 0) is 0 Å². The van der Waals surface area contributed by atoms with E-state index in [2.05, 4.69) is 20.8 Å². The fourth-order valence-corrected chi connectivity index (χ4v) is 0.995. The molecule has 0 unspecified atom stereocenters. The fraction of sp³-hybridized carbons (Fsp3) is 0. The lowest BCUT2D eigenvalue weighted by atomic mass is 10.5. The van der Waals surface area contributed by atoms with Crippen LogP contribution in [0.3, 0.4) is 0 Å². The van der Waals surface area contributed by atoms with Crippen LogP contribution in [0.5, 0.6) is 0 Å². The Morgan fingerprint density at radius 2 is 2.45 bits per heavy atom. The topological polar surface area (TPSA) is 80.1 Å². The zero-order valence-electron chi connectivity index (χ0n) is 5.32. The second-order valence-corrected chi connectivity index (χ2v) is 2.28. The lowest BCUT2D eigenvalue weighted by molar-refractivity contribution is 0.221. The van der Waals surface area contributed by atoms with Gasteiger partial charge in [0.15, 0.2) is 11.0 Å². The van der Waals surface area contributed by atoms with Crippen molar-refractivity contribution in [2.45, 2.75) is 0 Å². The van der Waals surface area contributed by atoms with E-state index in [1.807, 2.05) is 0 Å². The summed E-state index contributed by atoms with van der Waals surface area (Å²) in [7, 11) is 0. The smallest absolute Gasteiger partial charge is 0.182 e. The standard InChI is InChI=1S/C4H4ClN6/c5-3-2-4(8-1-7-2)10-11(6)9-3/h1,10H,6H2. The minimum absolute atomic E-state index is 0.235. The molecular weight excluding hydrogens is 168 g/mol. The normalized spacial score (nSPS) is 20.9. The third-order valence-corrected chi connectivity index (χ3v) is 1.46. The molecule has 0 bridgehead atoms. The van der Waals surface area contributed by atoms with Crippen LogP contribution in [0.1, 0.15) is 0 Å². The van der Waals surface area contributed by atoms with Crippen molar-refractivity contribution >= 4 is 23.1 Å². The Morgan fingerprint density at radius 1 is 1.64 bits per heavy atom. The van der Waals surface area contributed by atoms with Crippen LogP contribution in [0.15, 0.2) is 21.6 Å². The SMILES string of the molecule is NN1N=C(Cl)C2=C([N]C=N2)N1. The summed E-state index contributed by atoms with van der Waals surface area (Å²) in [6.07, 6.45) is 1.38. The average molecular weight is 172 g/mol. The average Bonchev–Trinajstić information content (AvgIpc) is 2.34. The van der Waals surface area contributed by atoms with Gasteiger partial charge in [-0.2, -0.15) is 0 Å². The second-order valence-electron chi connectivity index (χ2n) is 1.92. The first-order valence-corrected chi connectivity index (χ1v) is 3.19. The van der Waals surface area contributed by atoms with E-state index in [9.17, 15) is 0 Å². The number of nitrogens with zero attached hydrogens (tertiary/aromatic N) is 4. The number of rotatable bonds is 0. The molecule has 0 atom stereocenters. The molecule has 2 aliphatic rings. The molecule has 2 rings (SSSR count). The first kappa shape index (κ1) is 6.44. The number of nitrogens with two attached hydrogens (primary N) is 1. The Kier molecular flexibility index (Phi) is 1.23. The highest BCUT2D eigenvalue weighted by Crippen LogP contribution is 2.15. The highest BCUT2D eigenvalue weighted by molar-refractivity contribution is 6.69. The van der Waals surface area contributed by atoms with Gasteiger partial charge in [0.1, 0.15) is 12.0 Å². The number of hydrazine groups is 2. The summed E-state index contributed by atoms with van der Waals surface area (Å²) < 4.78 is 0. The molecule has 11 heavy (non-hydrogen) atoms. The molecule has 0 amide bonds. The molecule has 6 nitrogen and oxygen atoms in total. The molecule has 0 aromatic rings. The third kappa shape index (κ3) is 0.920. The number of aliphatic imine (C=N–C) groups is 1. The van der Waals surface area contributed by atoms with Crippen LogP contribution < -0.4 is 16.6 Å². The van der Waals surface area contributed by atoms with E-state index in [-0.39, 0.29) is 5.17 Å². The van der Waals surface area contributed by atoms with E-state index in [0.29, 0.717) is 11.5 Å². The minimum Gasteiger partial charge on any atom is -0.248 e. The maximum absolute atomic E-state index is 5.67. The molecule has 2 heterocycles. The molecule has 0 fully saturated rings. The van der Waals surface area contributed by atoms with E-state index in [4.69, 9.17) is 17.4 Å². The van der Waals surface area contributed by atoms with Crippen molar-refractivity contribution in [1.29, 1.82) is 0 Å². The van der Waals surface area contributed by atoms with E-state index in [0.717, 1.165) is 5.23 Å². The third-order valence-electron chi connectivity index (χ3n) is 1.21. The summed E-state index contributed by atoms with van der Waals surface area (Å²) >= 11 is 5.67. The van der Waals surface area contributed by atoms with Gasteiger partial charge in [-0.3, -0.25) is 0 Å². The van der Waals surface area contributed by atoms with E-state index in [1.165, 1.54) is 6.34 Å². The highest BCUT2D eigenvalue weighted by Gasteiger charge is 2.22. The molecule has 1 radical (unpaired) electrons. The number of hydrogen-bond acceptors (Lipinski definition) is 5. The zero-order chi connectivity index (χ0) is 7.84. The molecule has 7 heteroatoms. The minimum atomic E-state index is 0.235.